The molecule has 0 radical (unpaired) electrons. The molecule has 1 N–H and O–H groups in total. The Balaban J connectivity index is 1.89. The van der Waals surface area contributed by atoms with E-state index in [1.165, 1.54) is 36.2 Å². The van der Waals surface area contributed by atoms with Crippen molar-refractivity contribution in [2.45, 2.75) is 0 Å². The molecular weight excluding hydrogens is 403 g/mol. The predicted molar refractivity (Wildman–Crippen MR) is 99.9 cm³/mol. The first-order valence-corrected chi connectivity index (χ1v) is 8.45. The highest BCUT2D eigenvalue weighted by Gasteiger charge is 2.22. The SMILES string of the molecule is CN(C(=O)c1ccc(Br)o1)c1ccccc1C(=O)Nc1ccccc1F. The minimum Gasteiger partial charge on any atom is -0.444 e. The van der Waals surface area contributed by atoms with Gasteiger partial charge < -0.3 is 14.6 Å². The van der Waals surface area contributed by atoms with Crippen LogP contribution < -0.4 is 10.2 Å². The Hall–Kier alpha value is -2.93. The average molecular weight is 417 g/mol. The molecule has 3 aromatic rings. The van der Waals surface area contributed by atoms with Gasteiger partial charge in [0.15, 0.2) is 10.4 Å². The number of furan rings is 1. The third-order valence-electron chi connectivity index (χ3n) is 3.72. The van der Waals surface area contributed by atoms with Crippen molar-refractivity contribution in [3.05, 3.63) is 82.5 Å². The van der Waals surface area contributed by atoms with E-state index in [1.54, 1.807) is 36.4 Å². The molecule has 0 saturated carbocycles. The molecule has 0 aliphatic heterocycles. The lowest BCUT2D eigenvalue weighted by atomic mass is 10.1. The fourth-order valence-corrected chi connectivity index (χ4v) is 2.72. The number of benzene rings is 2. The second-order valence-electron chi connectivity index (χ2n) is 5.42. The van der Waals surface area contributed by atoms with E-state index >= 15 is 0 Å². The van der Waals surface area contributed by atoms with Crippen LogP contribution in [0, 0.1) is 5.82 Å². The number of rotatable bonds is 4. The van der Waals surface area contributed by atoms with Gasteiger partial charge in [0.2, 0.25) is 0 Å². The maximum Gasteiger partial charge on any atom is 0.293 e. The van der Waals surface area contributed by atoms with Crippen molar-refractivity contribution in [1.82, 2.24) is 0 Å². The van der Waals surface area contributed by atoms with Gasteiger partial charge in [-0.2, -0.15) is 0 Å². The van der Waals surface area contributed by atoms with Crippen LogP contribution in [0.15, 0.2) is 69.8 Å². The van der Waals surface area contributed by atoms with Crippen molar-refractivity contribution in [2.75, 3.05) is 17.3 Å². The summed E-state index contributed by atoms with van der Waals surface area (Å²) in [5, 5.41) is 2.52. The highest BCUT2D eigenvalue weighted by molar-refractivity contribution is 9.10. The fourth-order valence-electron chi connectivity index (χ4n) is 2.41. The van der Waals surface area contributed by atoms with Crippen LogP contribution in [0.1, 0.15) is 20.9 Å². The first-order chi connectivity index (χ1) is 12.5. The average Bonchev–Trinajstić information content (AvgIpc) is 3.08. The first kappa shape index (κ1) is 17.9. The Morgan fingerprint density at radius 3 is 2.42 bits per heavy atom. The lowest BCUT2D eigenvalue weighted by molar-refractivity contribution is 0.0965. The molecule has 2 amide bonds. The Morgan fingerprint density at radius 2 is 1.73 bits per heavy atom. The minimum atomic E-state index is -0.539. The lowest BCUT2D eigenvalue weighted by Gasteiger charge is -2.19. The molecule has 7 heteroatoms. The summed E-state index contributed by atoms with van der Waals surface area (Å²) in [6.07, 6.45) is 0. The number of halogens is 2. The normalized spacial score (nSPS) is 10.4. The standard InChI is InChI=1S/C19H14BrFN2O3/c1-23(19(25)16-10-11-17(20)26-16)15-9-5-2-6-12(15)18(24)22-14-8-4-3-7-13(14)21/h2-11H,1H3,(H,22,24). The molecule has 0 atom stereocenters. The smallest absolute Gasteiger partial charge is 0.293 e. The number of anilines is 2. The van der Waals surface area contributed by atoms with Crippen molar-refractivity contribution in [2.24, 2.45) is 0 Å². The van der Waals surface area contributed by atoms with E-state index < -0.39 is 17.6 Å². The summed E-state index contributed by atoms with van der Waals surface area (Å²) in [4.78, 5) is 26.5. The van der Waals surface area contributed by atoms with Crippen molar-refractivity contribution in [3.63, 3.8) is 0 Å². The molecule has 0 bridgehead atoms. The minimum absolute atomic E-state index is 0.0660. The van der Waals surface area contributed by atoms with Gasteiger partial charge in [0.1, 0.15) is 5.82 Å². The summed E-state index contributed by atoms with van der Waals surface area (Å²) < 4.78 is 19.5. The molecule has 0 spiro atoms. The molecule has 0 aliphatic rings. The molecule has 1 aromatic heterocycles. The number of nitrogens with zero attached hydrogens (tertiary/aromatic N) is 1. The largest absolute Gasteiger partial charge is 0.444 e. The monoisotopic (exact) mass is 416 g/mol. The molecule has 0 aliphatic carbocycles. The summed E-state index contributed by atoms with van der Waals surface area (Å²) in [6, 6.07) is 15.6. The molecule has 0 fully saturated rings. The molecule has 26 heavy (non-hydrogen) atoms. The van der Waals surface area contributed by atoms with Crippen LogP contribution in [0.2, 0.25) is 0 Å². The van der Waals surface area contributed by atoms with Crippen molar-refractivity contribution in [1.29, 1.82) is 0 Å². The van der Waals surface area contributed by atoms with Crippen LogP contribution in [-0.2, 0) is 0 Å². The first-order valence-electron chi connectivity index (χ1n) is 7.65. The summed E-state index contributed by atoms with van der Waals surface area (Å²) in [5.41, 5.74) is 0.673. The maximum atomic E-state index is 13.8. The lowest BCUT2D eigenvalue weighted by Crippen LogP contribution is -2.28. The van der Waals surface area contributed by atoms with Crippen LogP contribution in [0.25, 0.3) is 0 Å². The number of hydrogen-bond donors (Lipinski definition) is 1. The van der Waals surface area contributed by atoms with Crippen LogP contribution in [-0.4, -0.2) is 18.9 Å². The molecular formula is C19H14BrFN2O3. The number of para-hydroxylation sites is 2. The van der Waals surface area contributed by atoms with Gasteiger partial charge in [0, 0.05) is 7.05 Å². The van der Waals surface area contributed by atoms with Gasteiger partial charge in [0.05, 0.1) is 16.9 Å². The van der Waals surface area contributed by atoms with Crippen LogP contribution in [0.3, 0.4) is 0 Å². The Labute approximate surface area is 157 Å². The quantitative estimate of drug-likeness (QED) is 0.669. The fraction of sp³-hybridized carbons (Fsp3) is 0.0526. The van der Waals surface area contributed by atoms with Gasteiger partial charge in [-0.25, -0.2) is 4.39 Å². The zero-order valence-electron chi connectivity index (χ0n) is 13.7. The van der Waals surface area contributed by atoms with E-state index in [0.29, 0.717) is 10.4 Å². The molecule has 132 valence electrons. The van der Waals surface area contributed by atoms with Crippen molar-refractivity contribution in [3.8, 4) is 0 Å². The second kappa shape index (κ2) is 7.53. The van der Waals surface area contributed by atoms with Crippen LogP contribution >= 0.6 is 15.9 Å². The highest BCUT2D eigenvalue weighted by Crippen LogP contribution is 2.24. The van der Waals surface area contributed by atoms with Gasteiger partial charge in [0.25, 0.3) is 11.8 Å². The van der Waals surface area contributed by atoms with E-state index in [9.17, 15) is 14.0 Å². The van der Waals surface area contributed by atoms with E-state index in [-0.39, 0.29) is 17.0 Å². The third kappa shape index (κ3) is 3.67. The maximum absolute atomic E-state index is 13.8. The Morgan fingerprint density at radius 1 is 1.04 bits per heavy atom. The van der Waals surface area contributed by atoms with Gasteiger partial charge in [-0.15, -0.1) is 0 Å². The van der Waals surface area contributed by atoms with Crippen LogP contribution in [0.4, 0.5) is 15.8 Å². The zero-order valence-corrected chi connectivity index (χ0v) is 15.3. The summed E-state index contributed by atoms with van der Waals surface area (Å²) in [6.45, 7) is 0. The number of carbonyl (C=O) groups excluding carboxylic acids is 2. The summed E-state index contributed by atoms with van der Waals surface area (Å²) in [7, 11) is 1.54. The Bertz CT molecular complexity index is 971. The van der Waals surface area contributed by atoms with E-state index in [2.05, 4.69) is 21.2 Å². The molecule has 0 saturated heterocycles. The molecule has 5 nitrogen and oxygen atoms in total. The van der Waals surface area contributed by atoms with E-state index in [1.807, 2.05) is 0 Å². The molecule has 0 unspecified atom stereocenters. The highest BCUT2D eigenvalue weighted by atomic mass is 79.9. The third-order valence-corrected chi connectivity index (χ3v) is 4.15. The zero-order chi connectivity index (χ0) is 18.7. The van der Waals surface area contributed by atoms with E-state index in [4.69, 9.17) is 4.42 Å². The number of amides is 2. The number of hydrogen-bond acceptors (Lipinski definition) is 3. The van der Waals surface area contributed by atoms with Gasteiger partial charge in [-0.3, -0.25) is 9.59 Å². The predicted octanol–water partition coefficient (Wildman–Crippen LogP) is 4.71. The number of carbonyl (C=O) groups is 2. The molecule has 3 rings (SSSR count). The van der Waals surface area contributed by atoms with Gasteiger partial charge in [-0.05, 0) is 52.3 Å². The van der Waals surface area contributed by atoms with E-state index in [0.717, 1.165) is 0 Å². The molecule has 2 aromatic carbocycles. The number of nitrogens with one attached hydrogen (secondary N) is 1. The second-order valence-corrected chi connectivity index (χ2v) is 6.20. The molecule has 1 heterocycles. The van der Waals surface area contributed by atoms with Gasteiger partial charge >= 0.3 is 0 Å². The van der Waals surface area contributed by atoms with Crippen molar-refractivity contribution >= 4 is 39.1 Å². The van der Waals surface area contributed by atoms with Gasteiger partial charge in [-0.1, -0.05) is 24.3 Å². The summed E-state index contributed by atoms with van der Waals surface area (Å²) >= 11 is 3.15. The van der Waals surface area contributed by atoms with Crippen LogP contribution in [0.5, 0.6) is 0 Å². The Kier molecular flexibility index (Phi) is 5.18. The van der Waals surface area contributed by atoms with Crippen molar-refractivity contribution < 1.29 is 18.4 Å². The topological polar surface area (TPSA) is 62.6 Å². The summed E-state index contributed by atoms with van der Waals surface area (Å²) in [5.74, 6) is -1.35.